The van der Waals surface area contributed by atoms with Gasteiger partial charge in [-0.15, -0.1) is 0 Å². The molecule has 1 unspecified atom stereocenters. The third kappa shape index (κ3) is 6.42. The summed E-state index contributed by atoms with van der Waals surface area (Å²) in [5, 5.41) is 0. The summed E-state index contributed by atoms with van der Waals surface area (Å²) in [6, 6.07) is 0. The van der Waals surface area contributed by atoms with Crippen LogP contribution in [0.5, 0.6) is 0 Å². The summed E-state index contributed by atoms with van der Waals surface area (Å²) < 4.78 is 39.2. The quantitative estimate of drug-likeness (QED) is 0.649. The van der Waals surface area contributed by atoms with Gasteiger partial charge in [-0.3, -0.25) is 4.79 Å². The number of hydrogen-bond acceptors (Lipinski definition) is 2. The molecule has 0 aliphatic rings. The van der Waals surface area contributed by atoms with E-state index in [0.29, 0.717) is 6.42 Å². The van der Waals surface area contributed by atoms with Crippen LogP contribution >= 0.6 is 0 Å². The second kappa shape index (κ2) is 5.09. The van der Waals surface area contributed by atoms with Crippen molar-refractivity contribution in [2.24, 2.45) is 5.92 Å². The van der Waals surface area contributed by atoms with Crippen LogP contribution in [0, 0.1) is 5.92 Å². The molecule has 0 spiro atoms. The van der Waals surface area contributed by atoms with Crippen molar-refractivity contribution >= 4 is 5.97 Å². The molecule has 0 aromatic rings. The zero-order chi connectivity index (χ0) is 10.5. The van der Waals surface area contributed by atoms with Crippen LogP contribution in [0.1, 0.15) is 26.7 Å². The highest BCUT2D eigenvalue weighted by molar-refractivity contribution is 5.71. The standard InChI is InChI=1S/C8H13F3O2/c1-3-6(2)7(12)13-5-4-8(9,10)11/h6H,3-5H2,1-2H3. The van der Waals surface area contributed by atoms with Crippen LogP contribution in [-0.4, -0.2) is 18.8 Å². The minimum atomic E-state index is -4.25. The van der Waals surface area contributed by atoms with Crippen molar-refractivity contribution in [3.63, 3.8) is 0 Å². The Labute approximate surface area is 75.1 Å². The Morgan fingerprint density at radius 3 is 2.38 bits per heavy atom. The van der Waals surface area contributed by atoms with E-state index in [1.54, 1.807) is 13.8 Å². The van der Waals surface area contributed by atoms with Gasteiger partial charge in [0.15, 0.2) is 0 Å². The van der Waals surface area contributed by atoms with Crippen molar-refractivity contribution in [3.8, 4) is 0 Å². The van der Waals surface area contributed by atoms with Crippen LogP contribution in [0.3, 0.4) is 0 Å². The molecule has 0 fully saturated rings. The van der Waals surface area contributed by atoms with E-state index in [0.717, 1.165) is 0 Å². The first-order chi connectivity index (χ1) is 5.87. The van der Waals surface area contributed by atoms with Crippen molar-refractivity contribution in [2.45, 2.75) is 32.9 Å². The molecule has 2 nitrogen and oxygen atoms in total. The van der Waals surface area contributed by atoms with Gasteiger partial charge in [-0.25, -0.2) is 0 Å². The van der Waals surface area contributed by atoms with E-state index in [-0.39, 0.29) is 5.92 Å². The number of rotatable bonds is 4. The van der Waals surface area contributed by atoms with Crippen LogP contribution in [0.15, 0.2) is 0 Å². The first-order valence-corrected chi connectivity index (χ1v) is 4.10. The molecule has 0 rings (SSSR count). The zero-order valence-electron chi connectivity index (χ0n) is 7.65. The first-order valence-electron chi connectivity index (χ1n) is 4.10. The van der Waals surface area contributed by atoms with Crippen LogP contribution in [0.25, 0.3) is 0 Å². The maximum atomic E-state index is 11.6. The van der Waals surface area contributed by atoms with E-state index in [2.05, 4.69) is 4.74 Å². The monoisotopic (exact) mass is 198 g/mol. The zero-order valence-corrected chi connectivity index (χ0v) is 7.65. The lowest BCUT2D eigenvalue weighted by Gasteiger charge is -2.10. The minimum Gasteiger partial charge on any atom is -0.465 e. The van der Waals surface area contributed by atoms with E-state index in [1.165, 1.54) is 0 Å². The summed E-state index contributed by atoms with van der Waals surface area (Å²) in [5.41, 5.74) is 0. The van der Waals surface area contributed by atoms with E-state index in [9.17, 15) is 18.0 Å². The maximum absolute atomic E-state index is 11.6. The highest BCUT2D eigenvalue weighted by Crippen LogP contribution is 2.19. The number of hydrogen-bond donors (Lipinski definition) is 0. The second-order valence-electron chi connectivity index (χ2n) is 2.84. The molecule has 0 aromatic carbocycles. The molecule has 0 saturated heterocycles. The van der Waals surface area contributed by atoms with Gasteiger partial charge >= 0.3 is 12.1 Å². The normalized spacial score (nSPS) is 13.9. The van der Waals surface area contributed by atoms with Gasteiger partial charge in [0.2, 0.25) is 0 Å². The maximum Gasteiger partial charge on any atom is 0.392 e. The number of carbonyl (C=O) groups excluding carboxylic acids is 1. The van der Waals surface area contributed by atoms with Crippen molar-refractivity contribution in [3.05, 3.63) is 0 Å². The van der Waals surface area contributed by atoms with E-state index < -0.39 is 25.2 Å². The Kier molecular flexibility index (Phi) is 4.80. The molecule has 78 valence electrons. The largest absolute Gasteiger partial charge is 0.465 e. The Morgan fingerprint density at radius 2 is 2.00 bits per heavy atom. The van der Waals surface area contributed by atoms with Gasteiger partial charge in [-0.2, -0.15) is 13.2 Å². The van der Waals surface area contributed by atoms with Gasteiger partial charge in [0.05, 0.1) is 18.9 Å². The fourth-order valence-corrected chi connectivity index (χ4v) is 0.576. The number of carbonyl (C=O) groups is 1. The van der Waals surface area contributed by atoms with Crippen LogP contribution in [0.2, 0.25) is 0 Å². The summed E-state index contributed by atoms with van der Waals surface area (Å²) in [4.78, 5) is 10.9. The molecule has 1 atom stereocenters. The number of halogens is 3. The topological polar surface area (TPSA) is 26.3 Å². The molecular weight excluding hydrogens is 185 g/mol. The highest BCUT2D eigenvalue weighted by Gasteiger charge is 2.27. The molecule has 13 heavy (non-hydrogen) atoms. The third-order valence-electron chi connectivity index (χ3n) is 1.64. The van der Waals surface area contributed by atoms with Gasteiger partial charge in [0.1, 0.15) is 0 Å². The Balaban J connectivity index is 3.60. The molecule has 0 radical (unpaired) electrons. The van der Waals surface area contributed by atoms with Crippen molar-refractivity contribution < 1.29 is 22.7 Å². The molecule has 0 aromatic heterocycles. The molecule has 0 aliphatic carbocycles. The summed E-state index contributed by atoms with van der Waals surface area (Å²) in [6.45, 7) is 2.82. The van der Waals surface area contributed by atoms with E-state index in [1.807, 2.05) is 0 Å². The number of ether oxygens (including phenoxy) is 1. The predicted molar refractivity (Wildman–Crippen MR) is 41.1 cm³/mol. The Morgan fingerprint density at radius 1 is 1.46 bits per heavy atom. The van der Waals surface area contributed by atoms with Gasteiger partial charge in [0.25, 0.3) is 0 Å². The third-order valence-corrected chi connectivity index (χ3v) is 1.64. The Hall–Kier alpha value is -0.740. The molecule has 0 heterocycles. The van der Waals surface area contributed by atoms with E-state index in [4.69, 9.17) is 0 Å². The smallest absolute Gasteiger partial charge is 0.392 e. The van der Waals surface area contributed by atoms with Gasteiger partial charge < -0.3 is 4.74 Å². The van der Waals surface area contributed by atoms with Crippen LogP contribution < -0.4 is 0 Å². The predicted octanol–water partition coefficient (Wildman–Crippen LogP) is 2.53. The highest BCUT2D eigenvalue weighted by atomic mass is 19.4. The molecule has 0 bridgehead atoms. The van der Waals surface area contributed by atoms with Gasteiger partial charge in [-0.05, 0) is 6.42 Å². The second-order valence-corrected chi connectivity index (χ2v) is 2.84. The lowest BCUT2D eigenvalue weighted by atomic mass is 10.1. The van der Waals surface area contributed by atoms with Crippen molar-refractivity contribution in [2.75, 3.05) is 6.61 Å². The Bertz CT molecular complexity index is 165. The summed E-state index contributed by atoms with van der Waals surface area (Å²) in [5.74, 6) is -0.889. The summed E-state index contributed by atoms with van der Waals surface area (Å²) >= 11 is 0. The fourth-order valence-electron chi connectivity index (χ4n) is 0.576. The van der Waals surface area contributed by atoms with Crippen molar-refractivity contribution in [1.82, 2.24) is 0 Å². The van der Waals surface area contributed by atoms with Gasteiger partial charge in [0, 0.05) is 0 Å². The minimum absolute atomic E-state index is 0.326. The molecule has 0 saturated carbocycles. The fraction of sp³-hybridized carbons (Fsp3) is 0.875. The summed E-state index contributed by atoms with van der Waals surface area (Å²) in [7, 11) is 0. The molecule has 5 heteroatoms. The molecule has 0 aliphatic heterocycles. The molecule has 0 N–H and O–H groups in total. The lowest BCUT2D eigenvalue weighted by molar-refractivity contribution is -0.161. The first kappa shape index (κ1) is 12.3. The SMILES string of the molecule is CCC(C)C(=O)OCCC(F)(F)F. The lowest BCUT2D eigenvalue weighted by Crippen LogP contribution is -2.18. The van der Waals surface area contributed by atoms with Crippen LogP contribution in [-0.2, 0) is 9.53 Å². The molecule has 0 amide bonds. The average molecular weight is 198 g/mol. The van der Waals surface area contributed by atoms with Crippen molar-refractivity contribution in [1.29, 1.82) is 0 Å². The van der Waals surface area contributed by atoms with E-state index >= 15 is 0 Å². The molecular formula is C8H13F3O2. The number of alkyl halides is 3. The van der Waals surface area contributed by atoms with Crippen LogP contribution in [0.4, 0.5) is 13.2 Å². The van der Waals surface area contributed by atoms with Gasteiger partial charge in [-0.1, -0.05) is 13.8 Å². The summed E-state index contributed by atoms with van der Waals surface area (Å²) in [6.07, 6.45) is -4.75. The average Bonchev–Trinajstić information content (AvgIpc) is 2.00. The number of esters is 1.